The summed E-state index contributed by atoms with van der Waals surface area (Å²) < 4.78 is 0. The van der Waals surface area contributed by atoms with Crippen LogP contribution in [0.3, 0.4) is 0 Å². The van der Waals surface area contributed by atoms with Gasteiger partial charge in [-0.2, -0.15) is 0 Å². The Morgan fingerprint density at radius 1 is 1.53 bits per heavy atom. The Labute approximate surface area is 123 Å². The van der Waals surface area contributed by atoms with Gasteiger partial charge in [-0.25, -0.2) is 0 Å². The minimum absolute atomic E-state index is 0.102. The predicted molar refractivity (Wildman–Crippen MR) is 81.2 cm³/mol. The third-order valence-corrected chi connectivity index (χ3v) is 5.36. The van der Waals surface area contributed by atoms with Crippen LogP contribution in [0.2, 0.25) is 5.02 Å². The quantitative estimate of drug-likeness (QED) is 0.926. The Hall–Kier alpha value is -0.580. The molecule has 0 unspecified atom stereocenters. The van der Waals surface area contributed by atoms with Gasteiger partial charge in [0.25, 0.3) is 5.91 Å². The van der Waals surface area contributed by atoms with Gasteiger partial charge in [-0.05, 0) is 49.7 Å². The van der Waals surface area contributed by atoms with Gasteiger partial charge < -0.3 is 10.2 Å². The molecule has 0 radical (unpaired) electrons. The van der Waals surface area contributed by atoms with E-state index in [9.17, 15) is 4.79 Å². The van der Waals surface area contributed by atoms with E-state index in [4.69, 9.17) is 11.6 Å². The van der Waals surface area contributed by atoms with E-state index in [1.807, 2.05) is 17.2 Å². The number of likely N-dealkylation sites (tertiary alicyclic amines) is 1. The number of carbonyl (C=O) groups excluding carboxylic acids is 1. The Bertz CT molecular complexity index is 439. The van der Waals surface area contributed by atoms with Crippen LogP contribution in [0.5, 0.6) is 0 Å². The summed E-state index contributed by atoms with van der Waals surface area (Å²) in [5, 5.41) is 5.96. The lowest BCUT2D eigenvalue weighted by atomic mass is 9.96. The largest absolute Gasteiger partial charge is 0.338 e. The molecule has 106 valence electrons. The lowest BCUT2D eigenvalue weighted by Crippen LogP contribution is -2.40. The molecule has 0 spiro atoms. The molecule has 0 bridgehead atoms. The van der Waals surface area contributed by atoms with E-state index in [1.165, 1.54) is 11.3 Å². The summed E-state index contributed by atoms with van der Waals surface area (Å²) in [6, 6.07) is 0. The molecule has 0 aliphatic carbocycles. The van der Waals surface area contributed by atoms with E-state index in [-0.39, 0.29) is 5.91 Å². The molecule has 5 heteroatoms. The Kier molecular flexibility index (Phi) is 5.25. The lowest BCUT2D eigenvalue weighted by Gasteiger charge is -2.32. The van der Waals surface area contributed by atoms with Gasteiger partial charge in [-0.1, -0.05) is 18.5 Å². The van der Waals surface area contributed by atoms with E-state index < -0.39 is 0 Å². The van der Waals surface area contributed by atoms with Crippen LogP contribution in [0.15, 0.2) is 5.38 Å². The number of hydrogen-bond donors (Lipinski definition) is 1. The van der Waals surface area contributed by atoms with Crippen LogP contribution >= 0.6 is 22.9 Å². The average molecular weight is 301 g/mol. The van der Waals surface area contributed by atoms with Gasteiger partial charge in [0.1, 0.15) is 4.88 Å². The molecular weight excluding hydrogens is 280 g/mol. The van der Waals surface area contributed by atoms with Crippen LogP contribution < -0.4 is 5.32 Å². The fraction of sp³-hybridized carbons (Fsp3) is 0.643. The van der Waals surface area contributed by atoms with Gasteiger partial charge in [0.15, 0.2) is 0 Å². The monoisotopic (exact) mass is 300 g/mol. The standard InChI is InChI=1S/C14H21ClN2OS/c1-3-16-8-11-4-6-17(7-5-11)14(18)13-12(15)10(2)9-19-13/h9,11,16H,3-8H2,1-2H3. The van der Waals surface area contributed by atoms with Crippen molar-refractivity contribution in [3.05, 3.63) is 20.8 Å². The SMILES string of the molecule is CCNCC1CCN(C(=O)c2scc(C)c2Cl)CC1. The fourth-order valence-corrected chi connectivity index (χ4v) is 3.65. The van der Waals surface area contributed by atoms with Crippen molar-refractivity contribution in [2.75, 3.05) is 26.2 Å². The zero-order valence-corrected chi connectivity index (χ0v) is 13.1. The Morgan fingerprint density at radius 2 is 2.21 bits per heavy atom. The van der Waals surface area contributed by atoms with Crippen molar-refractivity contribution in [3.8, 4) is 0 Å². The average Bonchev–Trinajstić information content (AvgIpc) is 2.76. The summed E-state index contributed by atoms with van der Waals surface area (Å²) in [5.41, 5.74) is 0.997. The number of nitrogens with zero attached hydrogens (tertiary/aromatic N) is 1. The highest BCUT2D eigenvalue weighted by atomic mass is 35.5. The van der Waals surface area contributed by atoms with E-state index in [2.05, 4.69) is 12.2 Å². The number of piperidine rings is 1. The summed E-state index contributed by atoms with van der Waals surface area (Å²) >= 11 is 7.63. The highest BCUT2D eigenvalue weighted by Crippen LogP contribution is 2.29. The highest BCUT2D eigenvalue weighted by molar-refractivity contribution is 7.13. The second-order valence-corrected chi connectivity index (χ2v) is 6.36. The molecule has 0 atom stereocenters. The molecule has 1 aliphatic heterocycles. The predicted octanol–water partition coefficient (Wildman–Crippen LogP) is 3.17. The number of aryl methyl sites for hydroxylation is 1. The van der Waals surface area contributed by atoms with Gasteiger partial charge in [0.2, 0.25) is 0 Å². The van der Waals surface area contributed by atoms with Gasteiger partial charge in [0.05, 0.1) is 5.02 Å². The fourth-order valence-electron chi connectivity index (χ4n) is 2.41. The first-order chi connectivity index (χ1) is 9.13. The van der Waals surface area contributed by atoms with Crippen molar-refractivity contribution in [2.24, 2.45) is 5.92 Å². The van der Waals surface area contributed by atoms with Crippen LogP contribution in [0.4, 0.5) is 0 Å². The first-order valence-electron chi connectivity index (χ1n) is 6.87. The number of amides is 1. The first-order valence-corrected chi connectivity index (χ1v) is 8.12. The molecule has 0 saturated carbocycles. The number of hydrogen-bond acceptors (Lipinski definition) is 3. The summed E-state index contributed by atoms with van der Waals surface area (Å²) in [4.78, 5) is 15.0. The molecule has 1 aromatic heterocycles. The Balaban J connectivity index is 1.91. The zero-order valence-electron chi connectivity index (χ0n) is 11.5. The zero-order chi connectivity index (χ0) is 13.8. The minimum atomic E-state index is 0.102. The second kappa shape index (κ2) is 6.73. The summed E-state index contributed by atoms with van der Waals surface area (Å²) in [5.74, 6) is 0.801. The van der Waals surface area contributed by atoms with Crippen molar-refractivity contribution in [2.45, 2.75) is 26.7 Å². The van der Waals surface area contributed by atoms with E-state index in [1.54, 1.807) is 0 Å². The molecule has 1 saturated heterocycles. The van der Waals surface area contributed by atoms with Crippen LogP contribution in [0.1, 0.15) is 35.0 Å². The summed E-state index contributed by atoms with van der Waals surface area (Å²) in [6.45, 7) is 7.85. The third-order valence-electron chi connectivity index (χ3n) is 3.68. The van der Waals surface area contributed by atoms with Crippen molar-refractivity contribution in [3.63, 3.8) is 0 Å². The van der Waals surface area contributed by atoms with E-state index >= 15 is 0 Å². The molecule has 1 aliphatic rings. The van der Waals surface area contributed by atoms with E-state index in [0.29, 0.717) is 15.8 Å². The summed E-state index contributed by atoms with van der Waals surface area (Å²) in [6.07, 6.45) is 2.17. The topological polar surface area (TPSA) is 32.3 Å². The third kappa shape index (κ3) is 3.50. The van der Waals surface area contributed by atoms with Crippen LogP contribution in [-0.2, 0) is 0 Å². The number of thiophene rings is 1. The van der Waals surface area contributed by atoms with Gasteiger partial charge in [-0.15, -0.1) is 11.3 Å². The molecule has 0 aromatic carbocycles. The van der Waals surface area contributed by atoms with Crippen molar-refractivity contribution < 1.29 is 4.79 Å². The first kappa shape index (κ1) is 14.8. The van der Waals surface area contributed by atoms with Crippen LogP contribution in [0, 0.1) is 12.8 Å². The maximum atomic E-state index is 12.4. The number of carbonyl (C=O) groups is 1. The smallest absolute Gasteiger partial charge is 0.265 e. The molecule has 1 N–H and O–H groups in total. The highest BCUT2D eigenvalue weighted by Gasteiger charge is 2.25. The van der Waals surface area contributed by atoms with Gasteiger partial charge in [0, 0.05) is 13.1 Å². The van der Waals surface area contributed by atoms with Gasteiger partial charge >= 0.3 is 0 Å². The van der Waals surface area contributed by atoms with E-state index in [0.717, 1.165) is 44.6 Å². The molecule has 19 heavy (non-hydrogen) atoms. The van der Waals surface area contributed by atoms with Crippen molar-refractivity contribution >= 4 is 28.8 Å². The van der Waals surface area contributed by atoms with Crippen LogP contribution in [0.25, 0.3) is 0 Å². The minimum Gasteiger partial charge on any atom is -0.338 e. The maximum absolute atomic E-state index is 12.4. The van der Waals surface area contributed by atoms with Crippen LogP contribution in [-0.4, -0.2) is 37.0 Å². The normalized spacial score (nSPS) is 16.9. The molecule has 1 fully saturated rings. The lowest BCUT2D eigenvalue weighted by molar-refractivity contribution is 0.0695. The number of nitrogens with one attached hydrogen (secondary N) is 1. The molecule has 1 amide bonds. The Morgan fingerprint density at radius 3 is 2.74 bits per heavy atom. The number of halogens is 1. The second-order valence-electron chi connectivity index (χ2n) is 5.11. The maximum Gasteiger partial charge on any atom is 0.265 e. The molecule has 1 aromatic rings. The molecule has 2 rings (SSSR count). The molecule has 3 nitrogen and oxygen atoms in total. The van der Waals surface area contributed by atoms with Gasteiger partial charge in [-0.3, -0.25) is 4.79 Å². The van der Waals surface area contributed by atoms with Crippen molar-refractivity contribution in [1.29, 1.82) is 0 Å². The molecule has 2 heterocycles. The molecular formula is C14H21ClN2OS. The number of rotatable bonds is 4. The summed E-state index contributed by atoms with van der Waals surface area (Å²) in [7, 11) is 0. The van der Waals surface area contributed by atoms with Crippen molar-refractivity contribution in [1.82, 2.24) is 10.2 Å².